The van der Waals surface area contributed by atoms with E-state index in [9.17, 15) is 8.42 Å². The lowest BCUT2D eigenvalue weighted by Gasteiger charge is -2.27. The number of guanidine groups is 1. The first-order valence-corrected chi connectivity index (χ1v) is 9.16. The molecule has 0 spiro atoms. The van der Waals surface area contributed by atoms with Gasteiger partial charge in [0.2, 0.25) is 10.0 Å². The number of sulfonamides is 1. The number of ether oxygens (including phenoxy) is 2. The number of aliphatic imine (C=N–C) groups is 1. The van der Waals surface area contributed by atoms with Crippen LogP contribution < -0.4 is 15.2 Å². The van der Waals surface area contributed by atoms with Crippen molar-refractivity contribution in [2.75, 3.05) is 50.4 Å². The number of hydrogen-bond acceptors (Lipinski definition) is 5. The largest absolute Gasteiger partial charge is 0.492 e. The molecule has 9 heteroatoms. The highest BCUT2D eigenvalue weighted by Gasteiger charge is 2.11. The van der Waals surface area contributed by atoms with Gasteiger partial charge in [-0.15, -0.1) is 0 Å². The summed E-state index contributed by atoms with van der Waals surface area (Å²) in [7, 11) is -3.27. The second-order valence-electron chi connectivity index (χ2n) is 5.09. The zero-order chi connectivity index (χ0) is 16.7. The topological polar surface area (TPSA) is 106 Å². The Labute approximate surface area is 136 Å². The zero-order valence-corrected chi connectivity index (χ0v) is 13.9. The van der Waals surface area contributed by atoms with Crippen LogP contribution in [0.25, 0.3) is 0 Å². The number of nitrogens with zero attached hydrogens (tertiary/aromatic N) is 2. The van der Waals surface area contributed by atoms with E-state index in [-0.39, 0.29) is 0 Å². The lowest BCUT2D eigenvalue weighted by Crippen LogP contribution is -2.45. The van der Waals surface area contributed by atoms with Crippen molar-refractivity contribution in [1.82, 2.24) is 4.90 Å². The van der Waals surface area contributed by atoms with Crippen LogP contribution in [-0.4, -0.2) is 65.0 Å². The summed E-state index contributed by atoms with van der Waals surface area (Å²) in [6.45, 7) is 3.69. The first-order chi connectivity index (χ1) is 10.9. The van der Waals surface area contributed by atoms with E-state index in [0.29, 0.717) is 43.8 Å². The second kappa shape index (κ2) is 8.02. The normalized spacial score (nSPS) is 16.2. The molecule has 0 atom stereocenters. The van der Waals surface area contributed by atoms with Gasteiger partial charge in [-0.2, -0.15) is 0 Å². The molecular formula is C14H22N4O4S. The molecule has 0 unspecified atom stereocenters. The molecule has 1 fully saturated rings. The summed E-state index contributed by atoms with van der Waals surface area (Å²) in [5.74, 6) is 1.15. The van der Waals surface area contributed by atoms with Crippen LogP contribution in [-0.2, 0) is 14.8 Å². The quantitative estimate of drug-likeness (QED) is 0.431. The van der Waals surface area contributed by atoms with Crippen LogP contribution in [0, 0.1) is 0 Å². The highest BCUT2D eigenvalue weighted by molar-refractivity contribution is 7.92. The molecule has 1 aliphatic heterocycles. The molecule has 2 rings (SSSR count). The Morgan fingerprint density at radius 3 is 2.61 bits per heavy atom. The minimum atomic E-state index is -3.27. The smallest absolute Gasteiger partial charge is 0.229 e. The van der Waals surface area contributed by atoms with Crippen LogP contribution in [0.3, 0.4) is 0 Å². The van der Waals surface area contributed by atoms with Gasteiger partial charge in [0.15, 0.2) is 5.96 Å². The molecule has 8 nitrogen and oxygen atoms in total. The van der Waals surface area contributed by atoms with Gasteiger partial charge >= 0.3 is 0 Å². The van der Waals surface area contributed by atoms with Crippen molar-refractivity contribution < 1.29 is 17.9 Å². The molecule has 1 heterocycles. The molecule has 0 saturated carbocycles. The van der Waals surface area contributed by atoms with Gasteiger partial charge in [-0.1, -0.05) is 0 Å². The number of hydrogen-bond donors (Lipinski definition) is 2. The Hall–Kier alpha value is -2.00. The average Bonchev–Trinajstić information content (AvgIpc) is 2.52. The lowest BCUT2D eigenvalue weighted by molar-refractivity contribution is 0.0674. The Kier molecular flexibility index (Phi) is 6.05. The molecule has 0 aromatic heterocycles. The fourth-order valence-electron chi connectivity index (χ4n) is 2.05. The Bertz CT molecular complexity index is 625. The van der Waals surface area contributed by atoms with Crippen molar-refractivity contribution in [3.05, 3.63) is 24.3 Å². The van der Waals surface area contributed by atoms with Crippen molar-refractivity contribution in [3.8, 4) is 5.75 Å². The minimum absolute atomic E-state index is 0.393. The first-order valence-electron chi connectivity index (χ1n) is 7.27. The van der Waals surface area contributed by atoms with E-state index in [1.165, 1.54) is 0 Å². The molecule has 0 aliphatic carbocycles. The Morgan fingerprint density at radius 2 is 2.00 bits per heavy atom. The third kappa shape index (κ3) is 6.33. The molecule has 1 aromatic rings. The second-order valence-corrected chi connectivity index (χ2v) is 6.83. The van der Waals surface area contributed by atoms with Crippen molar-refractivity contribution in [1.29, 1.82) is 0 Å². The minimum Gasteiger partial charge on any atom is -0.492 e. The Morgan fingerprint density at radius 1 is 1.35 bits per heavy atom. The van der Waals surface area contributed by atoms with Crippen LogP contribution in [0.1, 0.15) is 0 Å². The predicted molar refractivity (Wildman–Crippen MR) is 89.3 cm³/mol. The van der Waals surface area contributed by atoms with E-state index in [2.05, 4.69) is 9.71 Å². The Balaban J connectivity index is 1.75. The van der Waals surface area contributed by atoms with E-state index in [1.54, 1.807) is 24.3 Å². The molecule has 1 aromatic carbocycles. The van der Waals surface area contributed by atoms with E-state index in [4.69, 9.17) is 15.2 Å². The van der Waals surface area contributed by atoms with Crippen LogP contribution in [0.2, 0.25) is 0 Å². The van der Waals surface area contributed by atoms with E-state index >= 15 is 0 Å². The number of morpholine rings is 1. The number of benzene rings is 1. The van der Waals surface area contributed by atoms with Crippen molar-refractivity contribution in [2.45, 2.75) is 0 Å². The van der Waals surface area contributed by atoms with Gasteiger partial charge in [-0.3, -0.25) is 4.72 Å². The fourth-order valence-corrected chi connectivity index (χ4v) is 2.61. The zero-order valence-electron chi connectivity index (χ0n) is 13.1. The maximum Gasteiger partial charge on any atom is 0.229 e. The lowest BCUT2D eigenvalue weighted by atomic mass is 10.3. The third-order valence-electron chi connectivity index (χ3n) is 3.13. The number of rotatable bonds is 6. The number of nitrogens with two attached hydrogens (primary N) is 1. The van der Waals surface area contributed by atoms with Gasteiger partial charge in [0, 0.05) is 18.8 Å². The van der Waals surface area contributed by atoms with Gasteiger partial charge in [0.1, 0.15) is 12.4 Å². The van der Waals surface area contributed by atoms with Crippen molar-refractivity contribution in [3.63, 3.8) is 0 Å². The summed E-state index contributed by atoms with van der Waals surface area (Å²) in [5.41, 5.74) is 6.40. The highest BCUT2D eigenvalue weighted by Crippen LogP contribution is 2.16. The summed E-state index contributed by atoms with van der Waals surface area (Å²) < 4.78 is 35.4. The number of anilines is 1. The van der Waals surface area contributed by atoms with E-state index in [1.807, 2.05) is 4.90 Å². The van der Waals surface area contributed by atoms with E-state index in [0.717, 1.165) is 19.3 Å². The summed E-state index contributed by atoms with van der Waals surface area (Å²) in [4.78, 5) is 6.26. The van der Waals surface area contributed by atoms with Crippen LogP contribution in [0.4, 0.5) is 5.69 Å². The summed E-state index contributed by atoms with van der Waals surface area (Å²) in [6.07, 6.45) is 1.11. The average molecular weight is 342 g/mol. The fraction of sp³-hybridized carbons (Fsp3) is 0.500. The van der Waals surface area contributed by atoms with Crippen molar-refractivity contribution in [2.24, 2.45) is 10.7 Å². The molecule has 0 amide bonds. The third-order valence-corrected chi connectivity index (χ3v) is 3.73. The molecule has 1 saturated heterocycles. The van der Waals surface area contributed by atoms with Crippen LogP contribution in [0.15, 0.2) is 29.3 Å². The van der Waals surface area contributed by atoms with Gasteiger partial charge < -0.3 is 20.1 Å². The van der Waals surface area contributed by atoms with Gasteiger partial charge in [-0.05, 0) is 24.3 Å². The monoisotopic (exact) mass is 342 g/mol. The van der Waals surface area contributed by atoms with E-state index < -0.39 is 10.0 Å². The molecular weight excluding hydrogens is 320 g/mol. The van der Waals surface area contributed by atoms with Gasteiger partial charge in [0.25, 0.3) is 0 Å². The maximum atomic E-state index is 11.1. The molecule has 3 N–H and O–H groups in total. The summed E-state index contributed by atoms with van der Waals surface area (Å²) in [6, 6.07) is 6.68. The predicted octanol–water partition coefficient (Wildman–Crippen LogP) is 0.0838. The standard InChI is InChI=1S/C14H22N4O4S/c1-23(19,20)17-12-2-4-13(5-3-12)22-9-6-16-14(15)18-7-10-21-11-8-18/h2-5,17H,6-11H2,1H3,(H2,15,16). The maximum absolute atomic E-state index is 11.1. The molecule has 0 bridgehead atoms. The van der Waals surface area contributed by atoms with Crippen LogP contribution >= 0.6 is 0 Å². The van der Waals surface area contributed by atoms with Crippen LogP contribution in [0.5, 0.6) is 5.75 Å². The summed E-state index contributed by atoms with van der Waals surface area (Å²) in [5, 5.41) is 0. The van der Waals surface area contributed by atoms with Gasteiger partial charge in [-0.25, -0.2) is 13.4 Å². The molecule has 23 heavy (non-hydrogen) atoms. The van der Waals surface area contributed by atoms with Gasteiger partial charge in [0.05, 0.1) is 26.0 Å². The highest BCUT2D eigenvalue weighted by atomic mass is 32.2. The first kappa shape index (κ1) is 17.4. The molecule has 0 radical (unpaired) electrons. The van der Waals surface area contributed by atoms with Crippen molar-refractivity contribution >= 4 is 21.7 Å². The SMILES string of the molecule is CS(=O)(=O)Nc1ccc(OCCN=C(N)N2CCOCC2)cc1. The number of nitrogens with one attached hydrogen (secondary N) is 1. The summed E-state index contributed by atoms with van der Waals surface area (Å²) >= 11 is 0. The molecule has 128 valence electrons. The molecule has 1 aliphatic rings.